The molecule has 2 N–H and O–H groups in total. The molecule has 2 heterocycles. The first-order chi connectivity index (χ1) is 13.0. The highest BCUT2D eigenvalue weighted by molar-refractivity contribution is 5.74. The standard InChI is InChI=1S/C21H32N4O2/c1-15-17-7-2-3-8-18(17)24-19(23-15)9-12-22-20(26)25-13-11-21(27)10-5-4-6-16(21)14-25/h16,27H,2-14H2,1H3,(H,22,26)/t16-,21+/m1/s1. The number of hydrogen-bond acceptors (Lipinski definition) is 4. The van der Waals surface area contributed by atoms with Crippen molar-refractivity contribution in [2.24, 2.45) is 5.92 Å². The van der Waals surface area contributed by atoms with E-state index < -0.39 is 5.60 Å². The van der Waals surface area contributed by atoms with E-state index in [-0.39, 0.29) is 11.9 Å². The number of hydrogen-bond donors (Lipinski definition) is 2. The molecule has 2 atom stereocenters. The van der Waals surface area contributed by atoms with Crippen LogP contribution in [0.25, 0.3) is 0 Å². The van der Waals surface area contributed by atoms with Gasteiger partial charge in [0.05, 0.1) is 5.60 Å². The van der Waals surface area contributed by atoms with Crippen LogP contribution in [0.15, 0.2) is 0 Å². The van der Waals surface area contributed by atoms with Crippen LogP contribution in [0.5, 0.6) is 0 Å². The molecule has 0 spiro atoms. The van der Waals surface area contributed by atoms with Crippen molar-refractivity contribution in [2.45, 2.75) is 76.7 Å². The number of amides is 2. The quantitative estimate of drug-likeness (QED) is 0.855. The second-order valence-electron chi connectivity index (χ2n) is 8.58. The predicted octanol–water partition coefficient (Wildman–Crippen LogP) is 2.54. The van der Waals surface area contributed by atoms with Crippen LogP contribution in [0.2, 0.25) is 0 Å². The van der Waals surface area contributed by atoms with Crippen molar-refractivity contribution in [3.63, 3.8) is 0 Å². The van der Waals surface area contributed by atoms with Gasteiger partial charge in [-0.3, -0.25) is 0 Å². The summed E-state index contributed by atoms with van der Waals surface area (Å²) in [5.74, 6) is 1.08. The van der Waals surface area contributed by atoms with E-state index >= 15 is 0 Å². The number of aromatic nitrogens is 2. The summed E-state index contributed by atoms with van der Waals surface area (Å²) in [6.07, 6.45) is 10.2. The van der Waals surface area contributed by atoms with Crippen LogP contribution in [-0.2, 0) is 19.3 Å². The molecule has 2 aliphatic carbocycles. The Bertz CT molecular complexity index is 708. The minimum atomic E-state index is -0.538. The first kappa shape index (κ1) is 18.7. The summed E-state index contributed by atoms with van der Waals surface area (Å²) < 4.78 is 0. The molecular formula is C21H32N4O2. The van der Waals surface area contributed by atoms with Gasteiger partial charge in [-0.25, -0.2) is 14.8 Å². The second kappa shape index (κ2) is 7.74. The van der Waals surface area contributed by atoms with Gasteiger partial charge in [-0.15, -0.1) is 0 Å². The molecule has 6 heteroatoms. The van der Waals surface area contributed by atoms with Gasteiger partial charge in [-0.2, -0.15) is 0 Å². The van der Waals surface area contributed by atoms with Gasteiger partial charge in [0.15, 0.2) is 0 Å². The molecule has 0 aromatic carbocycles. The largest absolute Gasteiger partial charge is 0.389 e. The zero-order valence-corrected chi connectivity index (χ0v) is 16.5. The van der Waals surface area contributed by atoms with Gasteiger partial charge in [-0.1, -0.05) is 12.8 Å². The minimum Gasteiger partial charge on any atom is -0.389 e. The third-order valence-electron chi connectivity index (χ3n) is 6.78. The van der Waals surface area contributed by atoms with Crippen molar-refractivity contribution >= 4 is 6.03 Å². The molecule has 27 heavy (non-hydrogen) atoms. The Balaban J connectivity index is 1.29. The van der Waals surface area contributed by atoms with E-state index in [9.17, 15) is 9.90 Å². The number of aliphatic hydroxyl groups is 1. The Kier molecular flexibility index (Phi) is 5.35. The SMILES string of the molecule is Cc1nc(CCNC(=O)N2CC[C@@]3(O)CCCC[C@@H]3C2)nc2c1CCCC2. The molecule has 3 aliphatic rings. The fourth-order valence-electron chi connectivity index (χ4n) is 5.10. The van der Waals surface area contributed by atoms with Crippen LogP contribution in [0.1, 0.15) is 67.7 Å². The molecule has 1 aliphatic heterocycles. The minimum absolute atomic E-state index is 0.0164. The van der Waals surface area contributed by atoms with Crippen LogP contribution >= 0.6 is 0 Å². The van der Waals surface area contributed by atoms with Crippen molar-refractivity contribution in [1.82, 2.24) is 20.2 Å². The predicted molar refractivity (Wildman–Crippen MR) is 104 cm³/mol. The Morgan fingerprint density at radius 1 is 1.22 bits per heavy atom. The number of aryl methyl sites for hydroxylation is 2. The fourth-order valence-corrected chi connectivity index (χ4v) is 5.10. The number of likely N-dealkylation sites (tertiary alicyclic amines) is 1. The lowest BCUT2D eigenvalue weighted by Gasteiger charge is -2.47. The summed E-state index contributed by atoms with van der Waals surface area (Å²) in [5, 5.41) is 13.8. The second-order valence-corrected chi connectivity index (χ2v) is 8.58. The summed E-state index contributed by atoms with van der Waals surface area (Å²) >= 11 is 0. The van der Waals surface area contributed by atoms with E-state index in [2.05, 4.69) is 17.2 Å². The molecule has 148 valence electrons. The molecule has 1 aromatic rings. The van der Waals surface area contributed by atoms with E-state index in [1.807, 2.05) is 4.90 Å². The van der Waals surface area contributed by atoms with Gasteiger partial charge in [0, 0.05) is 43.4 Å². The van der Waals surface area contributed by atoms with Crippen molar-refractivity contribution < 1.29 is 9.90 Å². The van der Waals surface area contributed by atoms with Crippen LogP contribution in [0.4, 0.5) is 4.79 Å². The smallest absolute Gasteiger partial charge is 0.317 e. The molecule has 6 nitrogen and oxygen atoms in total. The molecule has 2 fully saturated rings. The number of carbonyl (C=O) groups excluding carboxylic acids is 1. The van der Waals surface area contributed by atoms with Crippen molar-refractivity contribution in [3.8, 4) is 0 Å². The highest BCUT2D eigenvalue weighted by Gasteiger charge is 2.43. The molecule has 4 rings (SSSR count). The van der Waals surface area contributed by atoms with E-state index in [0.29, 0.717) is 32.5 Å². The fraction of sp³-hybridized carbons (Fsp3) is 0.762. The zero-order valence-electron chi connectivity index (χ0n) is 16.5. The summed E-state index contributed by atoms with van der Waals surface area (Å²) in [7, 11) is 0. The molecule has 1 saturated heterocycles. The molecule has 1 aromatic heterocycles. The van der Waals surface area contributed by atoms with E-state index in [4.69, 9.17) is 4.98 Å². The van der Waals surface area contributed by atoms with E-state index in [0.717, 1.165) is 50.0 Å². The highest BCUT2D eigenvalue weighted by Crippen LogP contribution is 2.39. The van der Waals surface area contributed by atoms with Crippen LogP contribution in [-0.4, -0.2) is 51.2 Å². The molecule has 1 saturated carbocycles. The summed E-state index contributed by atoms with van der Waals surface area (Å²) in [4.78, 5) is 23.8. The molecule has 0 bridgehead atoms. The third-order valence-corrected chi connectivity index (χ3v) is 6.78. The maximum atomic E-state index is 12.6. The normalized spacial score (nSPS) is 27.6. The Morgan fingerprint density at radius 2 is 2.07 bits per heavy atom. The lowest BCUT2D eigenvalue weighted by atomic mass is 9.71. The monoisotopic (exact) mass is 372 g/mol. The third kappa shape index (κ3) is 3.96. The first-order valence-corrected chi connectivity index (χ1v) is 10.7. The van der Waals surface area contributed by atoms with Gasteiger partial charge in [-0.05, 0) is 57.4 Å². The lowest BCUT2D eigenvalue weighted by Crippen LogP contribution is -2.56. The number of urea groups is 1. The maximum Gasteiger partial charge on any atom is 0.317 e. The van der Waals surface area contributed by atoms with Gasteiger partial charge >= 0.3 is 6.03 Å². The van der Waals surface area contributed by atoms with E-state index in [1.165, 1.54) is 24.1 Å². The molecular weight excluding hydrogens is 340 g/mol. The Labute approximate surface area is 161 Å². The van der Waals surface area contributed by atoms with Gasteiger partial charge in [0.1, 0.15) is 5.82 Å². The average Bonchev–Trinajstić information content (AvgIpc) is 2.67. The average molecular weight is 373 g/mol. The van der Waals surface area contributed by atoms with Crippen LogP contribution in [0, 0.1) is 12.8 Å². The molecule has 0 radical (unpaired) electrons. The number of rotatable bonds is 3. The number of carbonyl (C=O) groups is 1. The number of piperidine rings is 1. The van der Waals surface area contributed by atoms with Gasteiger partial charge < -0.3 is 15.3 Å². The lowest BCUT2D eigenvalue weighted by molar-refractivity contribution is -0.0870. The van der Waals surface area contributed by atoms with Crippen molar-refractivity contribution in [2.75, 3.05) is 19.6 Å². The highest BCUT2D eigenvalue weighted by atomic mass is 16.3. The topological polar surface area (TPSA) is 78.4 Å². The number of fused-ring (bicyclic) bond motifs is 2. The molecule has 0 unspecified atom stereocenters. The van der Waals surface area contributed by atoms with Gasteiger partial charge in [0.25, 0.3) is 0 Å². The maximum absolute atomic E-state index is 12.6. The Hall–Kier alpha value is -1.69. The Morgan fingerprint density at radius 3 is 2.96 bits per heavy atom. The molecule has 2 amide bonds. The number of nitrogens with one attached hydrogen (secondary N) is 1. The summed E-state index contributed by atoms with van der Waals surface area (Å²) in [5.41, 5.74) is 3.11. The van der Waals surface area contributed by atoms with Crippen LogP contribution in [0.3, 0.4) is 0 Å². The van der Waals surface area contributed by atoms with Crippen molar-refractivity contribution in [1.29, 1.82) is 0 Å². The summed E-state index contributed by atoms with van der Waals surface area (Å²) in [6.45, 7) is 3.96. The van der Waals surface area contributed by atoms with E-state index in [1.54, 1.807) is 0 Å². The van der Waals surface area contributed by atoms with Gasteiger partial charge in [0.2, 0.25) is 0 Å². The first-order valence-electron chi connectivity index (χ1n) is 10.7. The summed E-state index contributed by atoms with van der Waals surface area (Å²) in [6, 6.07) is -0.0164. The number of nitrogens with zero attached hydrogens (tertiary/aromatic N) is 3. The van der Waals surface area contributed by atoms with Crippen LogP contribution < -0.4 is 5.32 Å². The van der Waals surface area contributed by atoms with Crippen molar-refractivity contribution in [3.05, 3.63) is 22.8 Å². The zero-order chi connectivity index (χ0) is 18.9.